The number of aromatic nitrogens is 2. The topological polar surface area (TPSA) is 74.8 Å². The molecule has 0 fully saturated rings. The molecule has 0 unspecified atom stereocenters. The molecule has 0 radical (unpaired) electrons. The highest BCUT2D eigenvalue weighted by Crippen LogP contribution is 2.32. The molecule has 0 aliphatic heterocycles. The minimum absolute atomic E-state index is 0.0389. The Bertz CT molecular complexity index is 846. The average molecular weight is 357 g/mol. The smallest absolute Gasteiger partial charge is 0.350 e. The second-order valence-electron chi connectivity index (χ2n) is 5.56. The maximum absolute atomic E-state index is 13.6. The van der Waals surface area contributed by atoms with Gasteiger partial charge in [-0.3, -0.25) is 9.59 Å². The van der Waals surface area contributed by atoms with E-state index in [1.807, 2.05) is 0 Å². The first-order chi connectivity index (χ1) is 11.6. The van der Waals surface area contributed by atoms with Crippen LogP contribution in [0.5, 0.6) is 0 Å². The van der Waals surface area contributed by atoms with E-state index in [-0.39, 0.29) is 18.1 Å². The second-order valence-corrected chi connectivity index (χ2v) is 5.56. The van der Waals surface area contributed by atoms with Crippen LogP contribution in [-0.2, 0) is 6.18 Å². The van der Waals surface area contributed by atoms with Gasteiger partial charge in [-0.1, -0.05) is 13.0 Å². The molecule has 0 aliphatic carbocycles. The highest BCUT2D eigenvalue weighted by atomic mass is 19.4. The van der Waals surface area contributed by atoms with Crippen molar-refractivity contribution < 1.29 is 22.4 Å². The van der Waals surface area contributed by atoms with Gasteiger partial charge in [0.15, 0.2) is 0 Å². The van der Waals surface area contributed by atoms with Crippen molar-refractivity contribution >= 4 is 5.91 Å². The molecule has 25 heavy (non-hydrogen) atoms. The van der Waals surface area contributed by atoms with Gasteiger partial charge in [-0.2, -0.15) is 13.2 Å². The number of benzene rings is 1. The van der Waals surface area contributed by atoms with Crippen LogP contribution >= 0.6 is 0 Å². The Morgan fingerprint density at radius 3 is 2.56 bits per heavy atom. The molecular formula is C16H15F4N3O2. The molecule has 2 rings (SSSR count). The third-order valence-corrected chi connectivity index (χ3v) is 3.53. The summed E-state index contributed by atoms with van der Waals surface area (Å²) in [5, 5.41) is 2.52. The summed E-state index contributed by atoms with van der Waals surface area (Å²) in [6.45, 7) is 3.18. The third kappa shape index (κ3) is 4.65. The predicted octanol–water partition coefficient (Wildman–Crippen LogP) is 2.77. The lowest BCUT2D eigenvalue weighted by Gasteiger charge is -2.15. The maximum atomic E-state index is 13.6. The summed E-state index contributed by atoms with van der Waals surface area (Å²) in [7, 11) is 0. The summed E-state index contributed by atoms with van der Waals surface area (Å²) in [6, 6.07) is 3.67. The molecule has 0 spiro atoms. The fraction of sp³-hybridized carbons (Fsp3) is 0.312. The molecule has 1 amide bonds. The summed E-state index contributed by atoms with van der Waals surface area (Å²) < 4.78 is 51.3. The summed E-state index contributed by atoms with van der Waals surface area (Å²) in [4.78, 5) is 29.6. The van der Waals surface area contributed by atoms with E-state index in [1.165, 1.54) is 13.0 Å². The van der Waals surface area contributed by atoms with Gasteiger partial charge in [0.25, 0.3) is 11.5 Å². The summed E-state index contributed by atoms with van der Waals surface area (Å²) in [5.74, 6) is -2.14. The molecule has 2 aromatic rings. The van der Waals surface area contributed by atoms with Crippen molar-refractivity contribution in [2.24, 2.45) is 0 Å². The Morgan fingerprint density at radius 1 is 1.32 bits per heavy atom. The first-order valence-electron chi connectivity index (χ1n) is 7.30. The number of aryl methyl sites for hydroxylation is 1. The Balaban J connectivity index is 2.07. The van der Waals surface area contributed by atoms with Gasteiger partial charge in [0.2, 0.25) is 0 Å². The zero-order valence-corrected chi connectivity index (χ0v) is 13.4. The van der Waals surface area contributed by atoms with Crippen LogP contribution in [0.4, 0.5) is 17.6 Å². The average Bonchev–Trinajstić information content (AvgIpc) is 2.49. The molecule has 0 aliphatic rings. The quantitative estimate of drug-likeness (QED) is 0.827. The Morgan fingerprint density at radius 2 is 2.00 bits per heavy atom. The molecule has 9 heteroatoms. The van der Waals surface area contributed by atoms with Crippen LogP contribution < -0.4 is 10.9 Å². The van der Waals surface area contributed by atoms with Crippen molar-refractivity contribution in [2.45, 2.75) is 25.9 Å². The molecule has 1 aromatic heterocycles. The van der Waals surface area contributed by atoms with E-state index in [4.69, 9.17) is 0 Å². The SMILES string of the molecule is Cc1nc(C(=O)NC[C@H](C)c2ccc(C(F)(F)F)c(F)c2)cc(=O)[nH]1. The number of rotatable bonds is 4. The van der Waals surface area contributed by atoms with E-state index in [0.717, 1.165) is 12.1 Å². The molecule has 0 saturated heterocycles. The minimum atomic E-state index is -4.76. The summed E-state index contributed by atoms with van der Waals surface area (Å²) >= 11 is 0. The summed E-state index contributed by atoms with van der Waals surface area (Å²) in [5.41, 5.74) is -1.58. The summed E-state index contributed by atoms with van der Waals surface area (Å²) in [6.07, 6.45) is -4.76. The van der Waals surface area contributed by atoms with Gasteiger partial charge in [-0.15, -0.1) is 0 Å². The van der Waals surface area contributed by atoms with Crippen LogP contribution in [0.3, 0.4) is 0 Å². The highest BCUT2D eigenvalue weighted by molar-refractivity contribution is 5.92. The lowest BCUT2D eigenvalue weighted by atomic mass is 9.99. The van der Waals surface area contributed by atoms with Crippen molar-refractivity contribution in [2.75, 3.05) is 6.54 Å². The van der Waals surface area contributed by atoms with Crippen LogP contribution in [0.2, 0.25) is 0 Å². The molecule has 1 atom stereocenters. The van der Waals surface area contributed by atoms with Crippen molar-refractivity contribution in [3.05, 3.63) is 63.1 Å². The van der Waals surface area contributed by atoms with Gasteiger partial charge in [0.05, 0.1) is 5.56 Å². The Hall–Kier alpha value is -2.71. The molecule has 1 heterocycles. The highest BCUT2D eigenvalue weighted by Gasteiger charge is 2.34. The maximum Gasteiger partial charge on any atom is 0.419 e. The molecule has 0 saturated carbocycles. The van der Waals surface area contributed by atoms with E-state index in [2.05, 4.69) is 15.3 Å². The first-order valence-corrected chi connectivity index (χ1v) is 7.30. The third-order valence-electron chi connectivity index (χ3n) is 3.53. The van der Waals surface area contributed by atoms with Gasteiger partial charge in [0, 0.05) is 12.6 Å². The van der Waals surface area contributed by atoms with Crippen molar-refractivity contribution in [1.82, 2.24) is 15.3 Å². The standard InChI is InChI=1S/C16H15F4N3O2/c1-8(10-3-4-11(12(17)5-10)16(18,19)20)7-21-15(25)13-6-14(24)23-9(2)22-13/h3-6,8H,7H2,1-2H3,(H,21,25)(H,22,23,24)/t8-/m0/s1. The number of nitrogens with one attached hydrogen (secondary N) is 2. The fourth-order valence-electron chi connectivity index (χ4n) is 2.22. The molecular weight excluding hydrogens is 342 g/mol. The lowest BCUT2D eigenvalue weighted by Crippen LogP contribution is -2.29. The molecule has 134 valence electrons. The second kappa shape index (κ2) is 7.04. The molecule has 5 nitrogen and oxygen atoms in total. The van der Waals surface area contributed by atoms with E-state index in [9.17, 15) is 27.2 Å². The number of carbonyl (C=O) groups is 1. The minimum Gasteiger partial charge on any atom is -0.350 e. The van der Waals surface area contributed by atoms with Gasteiger partial charge in [0.1, 0.15) is 17.3 Å². The number of H-pyrrole nitrogens is 1. The molecule has 2 N–H and O–H groups in total. The lowest BCUT2D eigenvalue weighted by molar-refractivity contribution is -0.140. The fourth-order valence-corrected chi connectivity index (χ4v) is 2.22. The van der Waals surface area contributed by atoms with Gasteiger partial charge < -0.3 is 10.3 Å². The van der Waals surface area contributed by atoms with Crippen LogP contribution in [0.15, 0.2) is 29.1 Å². The van der Waals surface area contributed by atoms with Crippen molar-refractivity contribution in [3.8, 4) is 0 Å². The first kappa shape index (κ1) is 18.6. The van der Waals surface area contributed by atoms with Crippen molar-refractivity contribution in [3.63, 3.8) is 0 Å². The number of carbonyl (C=O) groups excluding carboxylic acids is 1. The normalized spacial score (nSPS) is 12.7. The number of nitrogens with zero attached hydrogens (tertiary/aromatic N) is 1. The number of amides is 1. The van der Waals surface area contributed by atoms with Gasteiger partial charge in [-0.25, -0.2) is 9.37 Å². The monoisotopic (exact) mass is 357 g/mol. The largest absolute Gasteiger partial charge is 0.419 e. The number of hydrogen-bond acceptors (Lipinski definition) is 3. The Labute approximate surface area is 140 Å². The number of aromatic amines is 1. The number of hydrogen-bond donors (Lipinski definition) is 2. The van der Waals surface area contributed by atoms with Crippen LogP contribution in [0.25, 0.3) is 0 Å². The molecule has 0 bridgehead atoms. The van der Waals surface area contributed by atoms with Crippen molar-refractivity contribution in [1.29, 1.82) is 0 Å². The van der Waals surface area contributed by atoms with Crippen LogP contribution in [-0.4, -0.2) is 22.4 Å². The van der Waals surface area contributed by atoms with Crippen LogP contribution in [0, 0.1) is 12.7 Å². The molecule has 1 aromatic carbocycles. The van der Waals surface area contributed by atoms with Crippen LogP contribution in [0.1, 0.15) is 40.3 Å². The zero-order chi connectivity index (χ0) is 18.8. The predicted molar refractivity (Wildman–Crippen MR) is 81.7 cm³/mol. The van der Waals surface area contributed by atoms with Gasteiger partial charge in [-0.05, 0) is 30.5 Å². The van der Waals surface area contributed by atoms with E-state index >= 15 is 0 Å². The number of alkyl halides is 3. The van der Waals surface area contributed by atoms with E-state index in [0.29, 0.717) is 11.6 Å². The van der Waals surface area contributed by atoms with E-state index < -0.39 is 34.9 Å². The zero-order valence-electron chi connectivity index (χ0n) is 13.4. The van der Waals surface area contributed by atoms with Gasteiger partial charge >= 0.3 is 6.18 Å². The van der Waals surface area contributed by atoms with E-state index in [1.54, 1.807) is 6.92 Å². The number of halogens is 4. The Kier molecular flexibility index (Phi) is 5.24.